The first kappa shape index (κ1) is 19.5. The van der Waals surface area contributed by atoms with Gasteiger partial charge in [-0.3, -0.25) is 4.79 Å². The summed E-state index contributed by atoms with van der Waals surface area (Å²) in [6, 6.07) is 14.4. The Kier molecular flexibility index (Phi) is 7.02. The van der Waals surface area contributed by atoms with Gasteiger partial charge in [-0.05, 0) is 41.7 Å². The molecule has 0 amide bonds. The van der Waals surface area contributed by atoms with Gasteiger partial charge in [-0.1, -0.05) is 48.0 Å². The highest BCUT2D eigenvalue weighted by Crippen LogP contribution is 2.14. The standard InChI is InChI=1S/C19H21ClO4S/c1-24-19(21)13-16-6-4-15(5-7-16)3-2-12-25(22,23)14-17-8-10-18(20)11-9-17/h4-11H,2-3,12-14H2,1H3. The van der Waals surface area contributed by atoms with E-state index in [2.05, 4.69) is 4.74 Å². The van der Waals surface area contributed by atoms with Crippen LogP contribution in [-0.4, -0.2) is 27.2 Å². The lowest BCUT2D eigenvalue weighted by molar-refractivity contribution is -0.139. The maximum absolute atomic E-state index is 12.2. The summed E-state index contributed by atoms with van der Waals surface area (Å²) in [7, 11) is -1.79. The molecular weight excluding hydrogens is 360 g/mol. The van der Waals surface area contributed by atoms with Gasteiger partial charge in [0.25, 0.3) is 0 Å². The van der Waals surface area contributed by atoms with Crippen molar-refractivity contribution >= 4 is 27.4 Å². The summed E-state index contributed by atoms with van der Waals surface area (Å²) >= 11 is 5.81. The van der Waals surface area contributed by atoms with Crippen molar-refractivity contribution in [2.24, 2.45) is 0 Å². The third-order valence-corrected chi connectivity index (χ3v) is 5.76. The highest BCUT2D eigenvalue weighted by molar-refractivity contribution is 7.90. The van der Waals surface area contributed by atoms with Crippen LogP contribution in [0.5, 0.6) is 0 Å². The largest absolute Gasteiger partial charge is 0.469 e. The van der Waals surface area contributed by atoms with E-state index in [0.29, 0.717) is 17.9 Å². The first-order valence-electron chi connectivity index (χ1n) is 7.97. The summed E-state index contributed by atoms with van der Waals surface area (Å²) in [5, 5.41) is 0.594. The zero-order valence-corrected chi connectivity index (χ0v) is 15.6. The number of ether oxygens (including phenoxy) is 1. The van der Waals surface area contributed by atoms with Crippen LogP contribution in [0.25, 0.3) is 0 Å². The number of aryl methyl sites for hydroxylation is 1. The van der Waals surface area contributed by atoms with Crippen molar-refractivity contribution in [2.45, 2.75) is 25.0 Å². The van der Waals surface area contributed by atoms with Gasteiger partial charge in [0, 0.05) is 5.02 Å². The Morgan fingerprint density at radius 3 is 2.12 bits per heavy atom. The fraction of sp³-hybridized carbons (Fsp3) is 0.316. The summed E-state index contributed by atoms with van der Waals surface area (Å²) in [6.07, 6.45) is 1.48. The molecule has 2 rings (SSSR count). The fourth-order valence-corrected chi connectivity index (χ4v) is 4.02. The van der Waals surface area contributed by atoms with E-state index in [-0.39, 0.29) is 23.9 Å². The lowest BCUT2D eigenvalue weighted by Gasteiger charge is -2.06. The van der Waals surface area contributed by atoms with E-state index in [1.54, 1.807) is 24.3 Å². The van der Waals surface area contributed by atoms with Crippen LogP contribution in [0.4, 0.5) is 0 Å². The van der Waals surface area contributed by atoms with Gasteiger partial charge in [-0.15, -0.1) is 0 Å². The summed E-state index contributed by atoms with van der Waals surface area (Å²) in [5.74, 6) is -0.108. The van der Waals surface area contributed by atoms with Crippen molar-refractivity contribution in [3.8, 4) is 0 Å². The molecule has 4 nitrogen and oxygen atoms in total. The van der Waals surface area contributed by atoms with E-state index in [1.807, 2.05) is 24.3 Å². The topological polar surface area (TPSA) is 60.4 Å². The van der Waals surface area contributed by atoms with E-state index in [4.69, 9.17) is 11.6 Å². The Morgan fingerprint density at radius 2 is 1.52 bits per heavy atom. The minimum Gasteiger partial charge on any atom is -0.469 e. The van der Waals surface area contributed by atoms with E-state index in [9.17, 15) is 13.2 Å². The number of halogens is 1. The zero-order valence-electron chi connectivity index (χ0n) is 14.1. The Bertz CT molecular complexity index is 796. The van der Waals surface area contributed by atoms with Crippen LogP contribution in [0.3, 0.4) is 0 Å². The molecule has 0 spiro atoms. The molecule has 6 heteroatoms. The molecule has 0 N–H and O–H groups in total. The highest BCUT2D eigenvalue weighted by Gasteiger charge is 2.12. The van der Waals surface area contributed by atoms with Gasteiger partial charge >= 0.3 is 5.97 Å². The Morgan fingerprint density at radius 1 is 0.960 bits per heavy atom. The molecule has 2 aromatic rings. The molecule has 0 aliphatic carbocycles. The lowest BCUT2D eigenvalue weighted by atomic mass is 10.1. The normalized spacial score (nSPS) is 11.3. The third-order valence-electron chi connectivity index (χ3n) is 3.82. The molecule has 0 unspecified atom stereocenters. The van der Waals surface area contributed by atoms with Crippen molar-refractivity contribution in [1.29, 1.82) is 0 Å². The van der Waals surface area contributed by atoms with Crippen molar-refractivity contribution in [1.82, 2.24) is 0 Å². The number of carbonyl (C=O) groups excluding carboxylic acids is 1. The number of esters is 1. The van der Waals surface area contributed by atoms with Gasteiger partial charge in [0.15, 0.2) is 9.84 Å². The highest BCUT2D eigenvalue weighted by atomic mass is 35.5. The smallest absolute Gasteiger partial charge is 0.309 e. The van der Waals surface area contributed by atoms with Crippen LogP contribution in [0.1, 0.15) is 23.1 Å². The van der Waals surface area contributed by atoms with Crippen LogP contribution in [0, 0.1) is 0 Å². The molecule has 0 fully saturated rings. The molecule has 0 aliphatic heterocycles. The predicted molar refractivity (Wildman–Crippen MR) is 99.4 cm³/mol. The van der Waals surface area contributed by atoms with Crippen molar-refractivity contribution in [3.05, 3.63) is 70.2 Å². The molecule has 0 saturated carbocycles. The number of methoxy groups -OCH3 is 1. The SMILES string of the molecule is COC(=O)Cc1ccc(CCCS(=O)(=O)Cc2ccc(Cl)cc2)cc1. The number of hydrogen-bond donors (Lipinski definition) is 0. The molecule has 0 bridgehead atoms. The maximum Gasteiger partial charge on any atom is 0.309 e. The van der Waals surface area contributed by atoms with E-state index < -0.39 is 9.84 Å². The first-order chi connectivity index (χ1) is 11.9. The second-order valence-electron chi connectivity index (χ2n) is 5.89. The third kappa shape index (κ3) is 6.88. The molecule has 0 atom stereocenters. The minimum absolute atomic E-state index is 0.0300. The first-order valence-corrected chi connectivity index (χ1v) is 10.2. The summed E-state index contributed by atoms with van der Waals surface area (Å²) < 4.78 is 29.0. The van der Waals surface area contributed by atoms with Gasteiger partial charge in [0.2, 0.25) is 0 Å². The predicted octanol–water partition coefficient (Wildman–Crippen LogP) is 3.60. The van der Waals surface area contributed by atoms with Gasteiger partial charge in [-0.2, -0.15) is 0 Å². The van der Waals surface area contributed by atoms with E-state index in [1.165, 1.54) is 7.11 Å². The molecule has 0 radical (unpaired) electrons. The van der Waals surface area contributed by atoms with Gasteiger partial charge < -0.3 is 4.74 Å². The second kappa shape index (κ2) is 9.02. The van der Waals surface area contributed by atoms with E-state index >= 15 is 0 Å². The monoisotopic (exact) mass is 380 g/mol. The number of benzene rings is 2. The quantitative estimate of drug-likeness (QED) is 0.656. The second-order valence-corrected chi connectivity index (χ2v) is 8.51. The fourth-order valence-electron chi connectivity index (χ4n) is 2.47. The Hall–Kier alpha value is -1.85. The molecule has 134 valence electrons. The molecule has 0 aromatic heterocycles. The number of rotatable bonds is 8. The zero-order chi connectivity index (χ0) is 18.3. The van der Waals surface area contributed by atoms with E-state index in [0.717, 1.165) is 16.7 Å². The molecule has 2 aromatic carbocycles. The maximum atomic E-state index is 12.2. The molecule has 0 aliphatic rings. The van der Waals surface area contributed by atoms with Crippen molar-refractivity contribution in [3.63, 3.8) is 0 Å². The van der Waals surface area contributed by atoms with Crippen LogP contribution in [0.2, 0.25) is 5.02 Å². The van der Waals surface area contributed by atoms with Crippen molar-refractivity contribution < 1.29 is 17.9 Å². The molecule has 0 heterocycles. The lowest BCUT2D eigenvalue weighted by Crippen LogP contribution is -2.10. The average molecular weight is 381 g/mol. The van der Waals surface area contributed by atoms with Gasteiger partial charge in [0.05, 0.1) is 25.0 Å². The summed E-state index contributed by atoms with van der Waals surface area (Å²) in [5.41, 5.74) is 2.68. The summed E-state index contributed by atoms with van der Waals surface area (Å²) in [4.78, 5) is 11.2. The number of sulfone groups is 1. The number of carbonyl (C=O) groups is 1. The van der Waals surface area contributed by atoms with Crippen LogP contribution < -0.4 is 0 Å². The van der Waals surface area contributed by atoms with Crippen LogP contribution in [0.15, 0.2) is 48.5 Å². The van der Waals surface area contributed by atoms with Crippen LogP contribution >= 0.6 is 11.6 Å². The minimum atomic E-state index is -3.15. The van der Waals surface area contributed by atoms with Crippen LogP contribution in [-0.2, 0) is 38.0 Å². The molecule has 25 heavy (non-hydrogen) atoms. The molecular formula is C19H21ClO4S. The number of hydrogen-bond acceptors (Lipinski definition) is 4. The Balaban J connectivity index is 1.82. The average Bonchev–Trinajstić information content (AvgIpc) is 2.58. The van der Waals surface area contributed by atoms with Crippen molar-refractivity contribution in [2.75, 3.05) is 12.9 Å². The van der Waals surface area contributed by atoms with Gasteiger partial charge in [0.1, 0.15) is 0 Å². The molecule has 0 saturated heterocycles. The summed E-state index contributed by atoms with van der Waals surface area (Å²) in [6.45, 7) is 0. The Labute approximate surface area is 153 Å². The van der Waals surface area contributed by atoms with Gasteiger partial charge in [-0.25, -0.2) is 8.42 Å².